The Labute approximate surface area is 199 Å². The van der Waals surface area contributed by atoms with Gasteiger partial charge in [-0.2, -0.15) is 0 Å². The molecule has 1 radical (unpaired) electrons. The fourth-order valence-electron chi connectivity index (χ4n) is 4.15. The highest BCUT2D eigenvalue weighted by atomic mass is 16.7. The average molecular weight is 497 g/mol. The molecule has 4 heterocycles. The minimum Gasteiger partial charge on any atom is -0.394 e. The average Bonchev–Trinajstić information content (AvgIpc) is 3.39. The van der Waals surface area contributed by atoms with Gasteiger partial charge in [0, 0.05) is 36.4 Å². The number of ether oxygens (including phenoxy) is 4. The summed E-state index contributed by atoms with van der Waals surface area (Å²) in [5, 5.41) is 31.9. The summed E-state index contributed by atoms with van der Waals surface area (Å²) in [5.74, 6) is 0. The number of urea groups is 1. The zero-order valence-electron chi connectivity index (χ0n) is 19.2. The number of amides is 2. The molecule has 0 saturated carbocycles. The third-order valence-electron chi connectivity index (χ3n) is 6.14. The number of aromatic amines is 1. The van der Waals surface area contributed by atoms with Crippen molar-refractivity contribution in [3.63, 3.8) is 0 Å². The van der Waals surface area contributed by atoms with E-state index in [1.54, 1.807) is 13.8 Å². The number of nitrogens with zero attached hydrogens (tertiary/aromatic N) is 2. The van der Waals surface area contributed by atoms with E-state index in [9.17, 15) is 29.7 Å². The van der Waals surface area contributed by atoms with E-state index in [-0.39, 0.29) is 39.1 Å². The lowest BCUT2D eigenvalue weighted by molar-refractivity contribution is -0.143. The number of hydrogen-bond acceptors (Lipinski definition) is 10. The van der Waals surface area contributed by atoms with E-state index < -0.39 is 54.2 Å². The minimum absolute atomic E-state index is 0.0267. The summed E-state index contributed by atoms with van der Waals surface area (Å²) in [7, 11) is 0. The standard InChI is InChI=1S/C21H29N4O10/c1-10-5-24(20(30)22-18(10)28)16-3-12(27)15(35-16)8-32-9-33-13-4-17(34-14(13)7-26)25-6-11(2)19(29)23-21(25)31/h5-6,12-17,26-27,29H,3-4,7-9H2,1-2H3,(H,23,31)(H,22,28,30)/t12-,13-,14+,15+,16?,17?/m0/s1. The topological polar surface area (TPSA) is 185 Å². The first kappa shape index (κ1) is 25.5. The van der Waals surface area contributed by atoms with Crippen molar-refractivity contribution in [2.75, 3.05) is 20.0 Å². The number of aromatic nitrogens is 2. The van der Waals surface area contributed by atoms with E-state index in [0.29, 0.717) is 11.1 Å². The zero-order chi connectivity index (χ0) is 25.3. The number of aliphatic hydroxyl groups excluding tert-OH is 3. The predicted molar refractivity (Wildman–Crippen MR) is 116 cm³/mol. The first-order valence-corrected chi connectivity index (χ1v) is 11.1. The Bertz CT molecular complexity index is 1070. The van der Waals surface area contributed by atoms with Crippen LogP contribution >= 0.6 is 0 Å². The Balaban J connectivity index is 1.27. The maximum atomic E-state index is 12.2. The van der Waals surface area contributed by atoms with Gasteiger partial charge in [-0.15, -0.1) is 0 Å². The van der Waals surface area contributed by atoms with Crippen molar-refractivity contribution in [1.29, 1.82) is 0 Å². The number of carbonyl (C=O) groups is 1. The van der Waals surface area contributed by atoms with Gasteiger partial charge in [0.25, 0.3) is 5.56 Å². The summed E-state index contributed by atoms with van der Waals surface area (Å²) in [6.07, 6.45) is -1.35. The quantitative estimate of drug-likeness (QED) is 0.215. The Morgan fingerprint density at radius 1 is 1.14 bits per heavy atom. The molecular weight excluding hydrogens is 468 g/mol. The molecular formula is C21H29N4O10. The lowest BCUT2D eigenvalue weighted by Gasteiger charge is -2.31. The van der Waals surface area contributed by atoms with Gasteiger partial charge in [0.15, 0.2) is 0 Å². The molecule has 5 N–H and O–H groups in total. The van der Waals surface area contributed by atoms with Gasteiger partial charge in [-0.05, 0) is 13.8 Å². The third-order valence-corrected chi connectivity index (χ3v) is 6.14. The SMILES string of the molecule is CC1=CN(C2C[C@H](OCOC[C@H]3OC(n4cc(C)c(=O)[nH]c4=O)C[C@@H]3O)[C@@H](CO)O2)C(=O)N[C]1O. The molecule has 193 valence electrons. The third kappa shape index (κ3) is 5.48. The van der Waals surface area contributed by atoms with Gasteiger partial charge in [-0.1, -0.05) is 0 Å². The number of aliphatic hydroxyl groups is 3. The molecule has 14 heteroatoms. The van der Waals surface area contributed by atoms with Crippen LogP contribution in [0, 0.1) is 13.2 Å². The van der Waals surface area contributed by atoms with Gasteiger partial charge < -0.3 is 39.6 Å². The maximum absolute atomic E-state index is 12.2. The molecule has 1 aromatic heterocycles. The van der Waals surface area contributed by atoms with E-state index >= 15 is 0 Å². The maximum Gasteiger partial charge on any atom is 0.330 e. The summed E-state index contributed by atoms with van der Waals surface area (Å²) in [6.45, 7) is 2.63. The van der Waals surface area contributed by atoms with Crippen LogP contribution in [0.15, 0.2) is 27.6 Å². The fourth-order valence-corrected chi connectivity index (χ4v) is 4.15. The molecule has 2 fully saturated rings. The van der Waals surface area contributed by atoms with E-state index in [4.69, 9.17) is 18.9 Å². The van der Waals surface area contributed by atoms with Crippen LogP contribution in [0.4, 0.5) is 4.79 Å². The first-order chi connectivity index (χ1) is 16.7. The molecule has 2 unspecified atom stereocenters. The van der Waals surface area contributed by atoms with Crippen LogP contribution in [-0.2, 0) is 18.9 Å². The highest BCUT2D eigenvalue weighted by Crippen LogP contribution is 2.30. The van der Waals surface area contributed by atoms with Crippen molar-refractivity contribution in [2.45, 2.75) is 63.6 Å². The molecule has 2 saturated heterocycles. The minimum atomic E-state index is -0.899. The van der Waals surface area contributed by atoms with Crippen molar-refractivity contribution in [3.8, 4) is 0 Å². The van der Waals surface area contributed by atoms with Gasteiger partial charge >= 0.3 is 11.7 Å². The number of hydrogen-bond donors (Lipinski definition) is 5. The zero-order valence-corrected chi connectivity index (χ0v) is 19.2. The van der Waals surface area contributed by atoms with Gasteiger partial charge in [-0.25, -0.2) is 9.59 Å². The number of H-pyrrole nitrogens is 1. The number of rotatable bonds is 8. The lowest BCUT2D eigenvalue weighted by Crippen LogP contribution is -2.48. The van der Waals surface area contributed by atoms with Gasteiger partial charge in [0.2, 0.25) is 6.23 Å². The largest absolute Gasteiger partial charge is 0.394 e. The molecule has 0 bridgehead atoms. The Morgan fingerprint density at radius 2 is 1.89 bits per heavy atom. The van der Waals surface area contributed by atoms with Crippen molar-refractivity contribution < 1.29 is 39.1 Å². The van der Waals surface area contributed by atoms with Crippen LogP contribution in [0.3, 0.4) is 0 Å². The Kier molecular flexibility index (Phi) is 7.70. The summed E-state index contributed by atoms with van der Waals surface area (Å²) in [4.78, 5) is 39.3. The normalized spacial score (nSPS) is 31.6. The Hall–Kier alpha value is -2.59. The van der Waals surface area contributed by atoms with Crippen molar-refractivity contribution >= 4 is 6.03 Å². The molecule has 35 heavy (non-hydrogen) atoms. The molecule has 4 rings (SSSR count). The van der Waals surface area contributed by atoms with Crippen molar-refractivity contribution in [3.05, 3.63) is 50.6 Å². The molecule has 0 aromatic carbocycles. The van der Waals surface area contributed by atoms with Gasteiger partial charge in [0.1, 0.15) is 31.5 Å². The highest BCUT2D eigenvalue weighted by molar-refractivity contribution is 5.79. The highest BCUT2D eigenvalue weighted by Gasteiger charge is 2.42. The Morgan fingerprint density at radius 3 is 2.63 bits per heavy atom. The molecule has 6 atom stereocenters. The molecule has 0 aliphatic carbocycles. The summed E-state index contributed by atoms with van der Waals surface area (Å²) in [6, 6.07) is -0.564. The fraction of sp³-hybridized carbons (Fsp3) is 0.619. The molecule has 2 amide bonds. The smallest absolute Gasteiger partial charge is 0.330 e. The van der Waals surface area contributed by atoms with Crippen LogP contribution in [0.5, 0.6) is 0 Å². The van der Waals surface area contributed by atoms with Crippen LogP contribution in [0.2, 0.25) is 0 Å². The number of carbonyl (C=O) groups excluding carboxylic acids is 1. The summed E-state index contributed by atoms with van der Waals surface area (Å²) < 4.78 is 23.9. The van der Waals surface area contributed by atoms with Crippen LogP contribution in [0.1, 0.15) is 31.6 Å². The van der Waals surface area contributed by atoms with Crippen molar-refractivity contribution in [2.24, 2.45) is 0 Å². The molecule has 0 spiro atoms. The second-order valence-electron chi connectivity index (χ2n) is 8.65. The summed E-state index contributed by atoms with van der Waals surface area (Å²) >= 11 is 0. The van der Waals surface area contributed by atoms with Gasteiger partial charge in [0.05, 0.1) is 25.4 Å². The van der Waals surface area contributed by atoms with Crippen LogP contribution < -0.4 is 16.6 Å². The van der Waals surface area contributed by atoms with Crippen LogP contribution in [-0.4, -0.2) is 86.5 Å². The molecule has 14 nitrogen and oxygen atoms in total. The lowest BCUT2D eigenvalue weighted by atomic mass is 10.1. The van der Waals surface area contributed by atoms with Gasteiger partial charge in [-0.3, -0.25) is 19.2 Å². The second-order valence-corrected chi connectivity index (χ2v) is 8.65. The second kappa shape index (κ2) is 10.6. The number of aryl methyl sites for hydroxylation is 1. The van der Waals surface area contributed by atoms with E-state index in [1.807, 2.05) is 0 Å². The molecule has 1 aromatic rings. The predicted octanol–water partition coefficient (Wildman–Crippen LogP) is -1.25. The monoisotopic (exact) mass is 497 g/mol. The van der Waals surface area contributed by atoms with Crippen LogP contribution in [0.25, 0.3) is 0 Å². The first-order valence-electron chi connectivity index (χ1n) is 11.1. The summed E-state index contributed by atoms with van der Waals surface area (Å²) in [5.41, 5.74) is -0.318. The number of nitrogens with one attached hydrogen (secondary N) is 2. The van der Waals surface area contributed by atoms with E-state index in [0.717, 1.165) is 0 Å². The van der Waals surface area contributed by atoms with E-state index in [2.05, 4.69) is 10.3 Å². The molecule has 3 aliphatic heterocycles. The van der Waals surface area contributed by atoms with Crippen molar-refractivity contribution in [1.82, 2.24) is 19.8 Å². The van der Waals surface area contributed by atoms with E-state index in [1.165, 1.54) is 21.9 Å². The molecule has 3 aliphatic rings.